The van der Waals surface area contributed by atoms with Crippen molar-refractivity contribution in [2.45, 2.75) is 13.0 Å². The molecule has 2 aliphatic heterocycles. The Morgan fingerprint density at radius 1 is 1.12 bits per heavy atom. The van der Waals surface area contributed by atoms with Crippen molar-refractivity contribution < 1.29 is 9.18 Å². The average molecular weight is 340 g/mol. The second-order valence-corrected chi connectivity index (χ2v) is 6.97. The lowest BCUT2D eigenvalue weighted by molar-refractivity contribution is 0.0635. The first-order chi connectivity index (χ1) is 12.2. The number of halogens is 1. The van der Waals surface area contributed by atoms with Gasteiger partial charge in [-0.3, -0.25) is 14.7 Å². The van der Waals surface area contributed by atoms with Gasteiger partial charge in [-0.1, -0.05) is 12.1 Å². The minimum Gasteiger partial charge on any atom is -0.337 e. The van der Waals surface area contributed by atoms with Crippen molar-refractivity contribution in [1.29, 1.82) is 0 Å². The third-order valence-corrected chi connectivity index (χ3v) is 5.27. The van der Waals surface area contributed by atoms with Gasteiger partial charge in [0.2, 0.25) is 0 Å². The molecule has 2 fully saturated rings. The van der Waals surface area contributed by atoms with E-state index in [-0.39, 0.29) is 11.7 Å². The van der Waals surface area contributed by atoms with Gasteiger partial charge < -0.3 is 4.90 Å². The number of carbonyl (C=O) groups excluding carboxylic acids is 1. The molecule has 2 saturated heterocycles. The summed E-state index contributed by atoms with van der Waals surface area (Å²) in [6.45, 7) is 4.42. The van der Waals surface area contributed by atoms with Gasteiger partial charge in [0.05, 0.1) is 6.20 Å². The molecule has 0 spiro atoms. The standard InChI is InChI=1S/C19H21FN4O/c20-17-3-1-14(2-4-17)10-23-11-15-5-8-24(13-16(15)12-23)19(25)18-9-21-6-7-22-18/h1-4,6-7,9,15-16H,5,8,10-13H2/t15-,16-/m1/s1. The van der Waals surface area contributed by atoms with Crippen LogP contribution in [0.2, 0.25) is 0 Å². The molecule has 2 aliphatic rings. The highest BCUT2D eigenvalue weighted by Gasteiger charge is 2.38. The van der Waals surface area contributed by atoms with Gasteiger partial charge in [0, 0.05) is 45.1 Å². The normalized spacial score (nSPS) is 23.5. The molecule has 0 aliphatic carbocycles. The zero-order valence-corrected chi connectivity index (χ0v) is 14.0. The van der Waals surface area contributed by atoms with Crippen LogP contribution in [0.3, 0.4) is 0 Å². The van der Waals surface area contributed by atoms with Crippen LogP contribution in [-0.2, 0) is 6.54 Å². The molecule has 2 atom stereocenters. The number of rotatable bonds is 3. The van der Waals surface area contributed by atoms with Gasteiger partial charge in [-0.2, -0.15) is 0 Å². The third-order valence-electron chi connectivity index (χ3n) is 5.27. The lowest BCUT2D eigenvalue weighted by atomic mass is 9.88. The van der Waals surface area contributed by atoms with Crippen LogP contribution < -0.4 is 0 Å². The Hall–Kier alpha value is -2.34. The van der Waals surface area contributed by atoms with E-state index in [2.05, 4.69) is 14.9 Å². The number of piperidine rings is 1. The second-order valence-electron chi connectivity index (χ2n) is 6.97. The molecule has 1 aromatic heterocycles. The van der Waals surface area contributed by atoms with E-state index in [4.69, 9.17) is 0 Å². The maximum absolute atomic E-state index is 13.0. The number of fused-ring (bicyclic) bond motifs is 1. The molecule has 0 N–H and O–H groups in total. The Labute approximate surface area is 146 Å². The number of benzene rings is 1. The van der Waals surface area contributed by atoms with E-state index in [1.165, 1.54) is 18.3 Å². The molecule has 130 valence electrons. The molecule has 3 heterocycles. The van der Waals surface area contributed by atoms with Crippen molar-refractivity contribution in [2.75, 3.05) is 26.2 Å². The summed E-state index contributed by atoms with van der Waals surface area (Å²) < 4.78 is 13.0. The van der Waals surface area contributed by atoms with Crippen LogP contribution in [0.5, 0.6) is 0 Å². The van der Waals surface area contributed by atoms with Crippen molar-refractivity contribution in [3.05, 3.63) is 59.9 Å². The van der Waals surface area contributed by atoms with E-state index in [1.54, 1.807) is 12.4 Å². The Morgan fingerprint density at radius 2 is 1.92 bits per heavy atom. The summed E-state index contributed by atoms with van der Waals surface area (Å²) in [5.74, 6) is 0.904. The van der Waals surface area contributed by atoms with Crippen LogP contribution in [0.4, 0.5) is 4.39 Å². The van der Waals surface area contributed by atoms with Gasteiger partial charge in [-0.05, 0) is 36.0 Å². The Morgan fingerprint density at radius 3 is 2.68 bits per heavy atom. The Bertz CT molecular complexity index is 737. The highest BCUT2D eigenvalue weighted by Crippen LogP contribution is 2.32. The van der Waals surface area contributed by atoms with Crippen LogP contribution in [-0.4, -0.2) is 51.9 Å². The summed E-state index contributed by atoms with van der Waals surface area (Å²) in [7, 11) is 0. The second kappa shape index (κ2) is 6.88. The predicted molar refractivity (Wildman–Crippen MR) is 91.2 cm³/mol. The smallest absolute Gasteiger partial charge is 0.274 e. The maximum Gasteiger partial charge on any atom is 0.274 e. The molecule has 4 rings (SSSR count). The highest BCUT2D eigenvalue weighted by molar-refractivity contribution is 5.92. The zero-order valence-electron chi connectivity index (χ0n) is 14.0. The lowest BCUT2D eigenvalue weighted by Gasteiger charge is -2.34. The van der Waals surface area contributed by atoms with Crippen molar-refractivity contribution in [3.63, 3.8) is 0 Å². The summed E-state index contributed by atoms with van der Waals surface area (Å²) in [5.41, 5.74) is 1.55. The topological polar surface area (TPSA) is 49.3 Å². The predicted octanol–water partition coefficient (Wildman–Crippen LogP) is 2.21. The number of amides is 1. The van der Waals surface area contributed by atoms with Crippen molar-refractivity contribution in [3.8, 4) is 0 Å². The fourth-order valence-corrected chi connectivity index (χ4v) is 4.00. The van der Waals surface area contributed by atoms with Gasteiger partial charge in [0.25, 0.3) is 5.91 Å². The number of hydrogen-bond donors (Lipinski definition) is 0. The minimum absolute atomic E-state index is 0.0245. The molecule has 2 aromatic rings. The summed E-state index contributed by atoms with van der Waals surface area (Å²) in [6, 6.07) is 6.72. The molecule has 1 aromatic carbocycles. The number of aromatic nitrogens is 2. The SMILES string of the molecule is O=C(c1cnccn1)N1CC[C@@H]2CN(Cc3ccc(F)cc3)C[C@@H]2C1. The van der Waals surface area contributed by atoms with Crippen molar-refractivity contribution in [1.82, 2.24) is 19.8 Å². The summed E-state index contributed by atoms with van der Waals surface area (Å²) in [4.78, 5) is 25.0. The van der Waals surface area contributed by atoms with Gasteiger partial charge in [-0.25, -0.2) is 9.37 Å². The van der Waals surface area contributed by atoms with Gasteiger partial charge in [0.1, 0.15) is 11.5 Å². The molecule has 6 heteroatoms. The monoisotopic (exact) mass is 340 g/mol. The van der Waals surface area contributed by atoms with Gasteiger partial charge >= 0.3 is 0 Å². The largest absolute Gasteiger partial charge is 0.337 e. The van der Waals surface area contributed by atoms with Crippen LogP contribution in [0.25, 0.3) is 0 Å². The first kappa shape index (κ1) is 16.1. The van der Waals surface area contributed by atoms with E-state index in [0.29, 0.717) is 17.5 Å². The number of nitrogens with zero attached hydrogens (tertiary/aromatic N) is 4. The molecule has 25 heavy (non-hydrogen) atoms. The summed E-state index contributed by atoms with van der Waals surface area (Å²) in [5, 5.41) is 0. The molecule has 0 saturated carbocycles. The van der Waals surface area contributed by atoms with Crippen molar-refractivity contribution in [2.24, 2.45) is 11.8 Å². The molecule has 0 radical (unpaired) electrons. The number of hydrogen-bond acceptors (Lipinski definition) is 4. The van der Waals surface area contributed by atoms with E-state index < -0.39 is 0 Å². The summed E-state index contributed by atoms with van der Waals surface area (Å²) in [6.07, 6.45) is 5.69. The average Bonchev–Trinajstić information content (AvgIpc) is 3.05. The highest BCUT2D eigenvalue weighted by atomic mass is 19.1. The van der Waals surface area contributed by atoms with Crippen LogP contribution >= 0.6 is 0 Å². The van der Waals surface area contributed by atoms with Crippen molar-refractivity contribution >= 4 is 5.91 Å². The van der Waals surface area contributed by atoms with Crippen LogP contribution in [0, 0.1) is 17.7 Å². The fraction of sp³-hybridized carbons (Fsp3) is 0.421. The van der Waals surface area contributed by atoms with E-state index in [0.717, 1.165) is 44.7 Å². The molecular weight excluding hydrogens is 319 g/mol. The molecule has 1 amide bonds. The maximum atomic E-state index is 13.0. The molecule has 0 unspecified atom stereocenters. The lowest BCUT2D eigenvalue weighted by Crippen LogP contribution is -2.43. The van der Waals surface area contributed by atoms with E-state index in [1.807, 2.05) is 17.0 Å². The minimum atomic E-state index is -0.197. The molecular formula is C19H21FN4O. The van der Waals surface area contributed by atoms with Gasteiger partial charge in [0.15, 0.2) is 0 Å². The molecule has 0 bridgehead atoms. The van der Waals surface area contributed by atoms with E-state index in [9.17, 15) is 9.18 Å². The fourth-order valence-electron chi connectivity index (χ4n) is 4.00. The quantitative estimate of drug-likeness (QED) is 0.860. The summed E-state index contributed by atoms with van der Waals surface area (Å²) >= 11 is 0. The first-order valence-corrected chi connectivity index (χ1v) is 8.71. The third kappa shape index (κ3) is 3.54. The Kier molecular flexibility index (Phi) is 4.44. The van der Waals surface area contributed by atoms with E-state index >= 15 is 0 Å². The van der Waals surface area contributed by atoms with Crippen LogP contribution in [0.1, 0.15) is 22.5 Å². The zero-order chi connectivity index (χ0) is 17.2. The molecule has 5 nitrogen and oxygen atoms in total. The first-order valence-electron chi connectivity index (χ1n) is 8.71. The van der Waals surface area contributed by atoms with Gasteiger partial charge in [-0.15, -0.1) is 0 Å². The Balaban J connectivity index is 1.37. The number of carbonyl (C=O) groups is 1. The number of likely N-dealkylation sites (tertiary alicyclic amines) is 2. The van der Waals surface area contributed by atoms with Crippen LogP contribution in [0.15, 0.2) is 42.9 Å².